The van der Waals surface area contributed by atoms with Gasteiger partial charge in [-0.2, -0.15) is 0 Å². The summed E-state index contributed by atoms with van der Waals surface area (Å²) in [5.41, 5.74) is 1.92. The van der Waals surface area contributed by atoms with E-state index in [1.165, 1.54) is 4.31 Å². The Bertz CT molecular complexity index is 747. The molecule has 4 N–H and O–H groups in total. The summed E-state index contributed by atoms with van der Waals surface area (Å²) in [6, 6.07) is 14.4. The van der Waals surface area contributed by atoms with Crippen LogP contribution in [0.5, 0.6) is 0 Å². The molecule has 0 fully saturated rings. The number of benzene rings is 2. The van der Waals surface area contributed by atoms with Gasteiger partial charge in [0.1, 0.15) is 0 Å². The van der Waals surface area contributed by atoms with Crippen molar-refractivity contribution in [1.82, 2.24) is 5.32 Å². The second-order valence-corrected chi connectivity index (χ2v) is 8.02. The SMILES string of the molecule is CNCC(O)CCN1c2ccccc2N(c2ccccc2Cl)S1(O)O. The fourth-order valence-electron chi connectivity index (χ4n) is 2.93. The first-order valence-corrected chi connectivity index (χ1v) is 9.83. The highest BCUT2D eigenvalue weighted by atomic mass is 35.5. The summed E-state index contributed by atoms with van der Waals surface area (Å²) >= 11 is 6.30. The number of halogens is 1. The Kier molecular flexibility index (Phi) is 5.43. The van der Waals surface area contributed by atoms with Crippen LogP contribution in [0.15, 0.2) is 48.5 Å². The number of anilines is 3. The van der Waals surface area contributed by atoms with Crippen molar-refractivity contribution in [1.29, 1.82) is 0 Å². The number of nitrogens with one attached hydrogen (secondary N) is 1. The smallest absolute Gasteiger partial charge is 0.0896 e. The molecule has 1 heterocycles. The van der Waals surface area contributed by atoms with Gasteiger partial charge in [0.05, 0.1) is 28.2 Å². The zero-order valence-electron chi connectivity index (χ0n) is 13.8. The van der Waals surface area contributed by atoms with Crippen LogP contribution in [0, 0.1) is 0 Å². The van der Waals surface area contributed by atoms with Crippen LogP contribution in [-0.4, -0.2) is 40.5 Å². The fraction of sp³-hybridized carbons (Fsp3) is 0.294. The number of fused-ring (bicyclic) bond motifs is 1. The number of hydrogen-bond acceptors (Lipinski definition) is 6. The van der Waals surface area contributed by atoms with Gasteiger partial charge in [-0.3, -0.25) is 13.4 Å². The van der Waals surface area contributed by atoms with Gasteiger partial charge in [-0.25, -0.2) is 4.31 Å². The van der Waals surface area contributed by atoms with Gasteiger partial charge >= 0.3 is 0 Å². The molecule has 0 amide bonds. The second-order valence-electron chi connectivity index (χ2n) is 5.83. The summed E-state index contributed by atoms with van der Waals surface area (Å²) in [5.74, 6) is 0. The minimum absolute atomic E-state index is 0.309. The molecule has 2 aromatic rings. The first-order valence-electron chi connectivity index (χ1n) is 7.99. The quantitative estimate of drug-likeness (QED) is 0.606. The summed E-state index contributed by atoms with van der Waals surface area (Å²) < 4.78 is 25.0. The highest BCUT2D eigenvalue weighted by Gasteiger charge is 2.42. The molecular weight excluding hydrogens is 362 g/mol. The molecule has 0 saturated heterocycles. The van der Waals surface area contributed by atoms with Gasteiger partial charge < -0.3 is 10.4 Å². The van der Waals surface area contributed by atoms with Crippen molar-refractivity contribution in [3.8, 4) is 0 Å². The third-order valence-corrected chi connectivity index (χ3v) is 6.26. The number of aliphatic hydroxyl groups excluding tert-OH is 1. The monoisotopic (exact) mass is 383 g/mol. The van der Waals surface area contributed by atoms with Crippen molar-refractivity contribution in [2.24, 2.45) is 0 Å². The zero-order valence-corrected chi connectivity index (χ0v) is 15.4. The number of likely N-dealkylation sites (N-methyl/N-ethyl adjacent to an activating group) is 1. The van der Waals surface area contributed by atoms with Crippen molar-refractivity contribution < 1.29 is 14.2 Å². The van der Waals surface area contributed by atoms with Crippen LogP contribution in [-0.2, 0) is 0 Å². The van der Waals surface area contributed by atoms with Crippen molar-refractivity contribution in [3.05, 3.63) is 53.6 Å². The molecule has 0 saturated carbocycles. The van der Waals surface area contributed by atoms with Crippen molar-refractivity contribution in [2.45, 2.75) is 12.5 Å². The Morgan fingerprint density at radius 1 is 1.04 bits per heavy atom. The first kappa shape index (κ1) is 18.3. The maximum atomic E-state index is 11.0. The lowest BCUT2D eigenvalue weighted by molar-refractivity contribution is 0.167. The first-order chi connectivity index (χ1) is 12.0. The number of aliphatic hydroxyl groups is 1. The fourth-order valence-corrected chi connectivity index (χ4v) is 5.01. The molecule has 0 bridgehead atoms. The molecule has 0 aliphatic carbocycles. The number of rotatable bonds is 6. The lowest BCUT2D eigenvalue weighted by Gasteiger charge is -2.44. The number of para-hydroxylation sites is 3. The van der Waals surface area contributed by atoms with Crippen LogP contribution in [0.3, 0.4) is 0 Å². The summed E-state index contributed by atoms with van der Waals surface area (Å²) in [5, 5.41) is 13.3. The van der Waals surface area contributed by atoms with Crippen LogP contribution in [0.1, 0.15) is 6.42 Å². The van der Waals surface area contributed by atoms with E-state index >= 15 is 0 Å². The summed E-state index contributed by atoms with van der Waals surface area (Å²) in [7, 11) is -1.56. The molecule has 2 aromatic carbocycles. The summed E-state index contributed by atoms with van der Waals surface area (Å²) in [6.07, 6.45) is -0.164. The topological polar surface area (TPSA) is 79.2 Å². The molecule has 25 heavy (non-hydrogen) atoms. The molecular formula is C17H22ClN3O3S. The molecule has 0 radical (unpaired) electrons. The third-order valence-electron chi connectivity index (χ3n) is 4.09. The van der Waals surface area contributed by atoms with Gasteiger partial charge in [0.25, 0.3) is 0 Å². The minimum atomic E-state index is -3.32. The second kappa shape index (κ2) is 7.41. The Morgan fingerprint density at radius 2 is 1.64 bits per heavy atom. The van der Waals surface area contributed by atoms with E-state index < -0.39 is 17.1 Å². The molecule has 3 rings (SSSR count). The molecule has 6 nitrogen and oxygen atoms in total. The van der Waals surface area contributed by atoms with Gasteiger partial charge in [-0.1, -0.05) is 35.9 Å². The molecule has 136 valence electrons. The Labute approximate surface area is 154 Å². The standard InChI is InChI=1S/C17H22ClN3O3S/c1-19-12-13(22)10-11-20-16-8-4-5-9-17(16)21(25(20,23)24)15-7-3-2-6-14(15)18/h2-9,13,19,22-24H,10-12H2,1H3. The zero-order chi connectivity index (χ0) is 18.0. The largest absolute Gasteiger partial charge is 0.392 e. The van der Waals surface area contributed by atoms with Gasteiger partial charge in [0.2, 0.25) is 0 Å². The van der Waals surface area contributed by atoms with Gasteiger partial charge in [-0.05, 0) is 48.7 Å². The maximum Gasteiger partial charge on any atom is 0.0896 e. The van der Waals surface area contributed by atoms with E-state index in [4.69, 9.17) is 11.6 Å². The molecule has 0 aromatic heterocycles. The van der Waals surface area contributed by atoms with Gasteiger partial charge in [-0.15, -0.1) is 0 Å². The molecule has 1 atom stereocenters. The van der Waals surface area contributed by atoms with E-state index in [1.807, 2.05) is 24.3 Å². The van der Waals surface area contributed by atoms with Crippen LogP contribution in [0.25, 0.3) is 0 Å². The number of nitrogens with zero attached hydrogens (tertiary/aromatic N) is 2. The van der Waals surface area contributed by atoms with E-state index in [0.29, 0.717) is 41.6 Å². The van der Waals surface area contributed by atoms with Crippen molar-refractivity contribution in [3.63, 3.8) is 0 Å². The lowest BCUT2D eigenvalue weighted by Crippen LogP contribution is -2.34. The van der Waals surface area contributed by atoms with E-state index in [0.717, 1.165) is 0 Å². The van der Waals surface area contributed by atoms with Crippen LogP contribution < -0.4 is 13.9 Å². The Hall–Kier alpha value is -1.48. The van der Waals surface area contributed by atoms with Crippen LogP contribution in [0.2, 0.25) is 5.02 Å². The lowest BCUT2D eigenvalue weighted by atomic mass is 10.2. The highest BCUT2D eigenvalue weighted by Crippen LogP contribution is 2.64. The summed E-state index contributed by atoms with van der Waals surface area (Å²) in [6.45, 7) is 0.756. The molecule has 1 aliphatic rings. The average Bonchev–Trinajstić information content (AvgIpc) is 2.80. The van der Waals surface area contributed by atoms with Gasteiger partial charge in [0, 0.05) is 13.1 Å². The van der Waals surface area contributed by atoms with Crippen molar-refractivity contribution in [2.75, 3.05) is 28.7 Å². The van der Waals surface area contributed by atoms with E-state index in [-0.39, 0.29) is 0 Å². The van der Waals surface area contributed by atoms with E-state index in [2.05, 4.69) is 5.32 Å². The average molecular weight is 384 g/mol. The third kappa shape index (κ3) is 3.44. The van der Waals surface area contributed by atoms with E-state index in [1.54, 1.807) is 35.6 Å². The number of hydrogen-bond donors (Lipinski definition) is 4. The Balaban J connectivity index is 1.97. The molecule has 8 heteroatoms. The highest BCUT2D eigenvalue weighted by molar-refractivity contribution is 8.27. The van der Waals surface area contributed by atoms with Gasteiger partial charge in [0.15, 0.2) is 0 Å². The molecule has 1 aliphatic heterocycles. The van der Waals surface area contributed by atoms with Crippen LogP contribution in [0.4, 0.5) is 17.1 Å². The minimum Gasteiger partial charge on any atom is -0.392 e. The van der Waals surface area contributed by atoms with E-state index in [9.17, 15) is 14.2 Å². The van der Waals surface area contributed by atoms with Crippen LogP contribution >= 0.6 is 22.6 Å². The van der Waals surface area contributed by atoms with Crippen molar-refractivity contribution >= 4 is 39.6 Å². The molecule has 0 spiro atoms. The predicted octanol–water partition coefficient (Wildman–Crippen LogP) is 3.85. The Morgan fingerprint density at radius 3 is 2.28 bits per heavy atom. The molecule has 1 unspecified atom stereocenters. The predicted molar refractivity (Wildman–Crippen MR) is 105 cm³/mol. The summed E-state index contributed by atoms with van der Waals surface area (Å²) in [4.78, 5) is 0. The normalized spacial score (nSPS) is 18.1. The maximum absolute atomic E-state index is 11.0.